The third-order valence-electron chi connectivity index (χ3n) is 5.63. The Morgan fingerprint density at radius 2 is 1.47 bits per heavy atom. The molecule has 0 radical (unpaired) electrons. The summed E-state index contributed by atoms with van der Waals surface area (Å²) in [6, 6.07) is 10.1. The molecule has 0 atom stereocenters. The Balaban J connectivity index is 1.70. The molecule has 30 heavy (non-hydrogen) atoms. The zero-order chi connectivity index (χ0) is 20.8. The molecule has 1 aliphatic carbocycles. The van der Waals surface area contributed by atoms with E-state index in [1.54, 1.807) is 22.7 Å². The van der Waals surface area contributed by atoms with Crippen LogP contribution in [0.5, 0.6) is 11.5 Å². The quantitative estimate of drug-likeness (QED) is 0.202. The number of phenols is 2. The van der Waals surface area contributed by atoms with Gasteiger partial charge in [0.15, 0.2) is 39.9 Å². The molecule has 8 heteroatoms. The molecule has 5 rings (SSSR count). The number of fused-ring (bicyclic) bond motifs is 2. The SMILES string of the molecule is C[N+](=C1CCCCC1)c1sc2c(O)c3sc(=[N+](C)c4ccccc4)sc3c(O)c2[s+]1. The lowest BCUT2D eigenvalue weighted by Crippen LogP contribution is -2.15. The molecule has 2 N–H and O–H groups in total. The van der Waals surface area contributed by atoms with Gasteiger partial charge in [-0.1, -0.05) is 47.3 Å². The molecule has 2 aromatic heterocycles. The Morgan fingerprint density at radius 3 is 2.17 bits per heavy atom. The minimum atomic E-state index is 0.293. The van der Waals surface area contributed by atoms with E-state index in [-0.39, 0.29) is 0 Å². The standard InChI is InChI=1S/C22H21N2O2S4/c1-23(13-9-5-3-6-10-13)21-27-17-15(25)19-20(16(26)18(17)28-21)30-22(29-19)24(2)14-11-7-4-8-12-14/h3,5-6,9-10H,4,7-8,11-12H2,1-2H3/q+1/p+2. The highest BCUT2D eigenvalue weighted by Gasteiger charge is 2.34. The molecule has 0 unspecified atom stereocenters. The van der Waals surface area contributed by atoms with Crippen LogP contribution >= 0.6 is 45.3 Å². The number of aromatic hydroxyl groups is 2. The summed E-state index contributed by atoms with van der Waals surface area (Å²) in [7, 11) is 4.14. The highest BCUT2D eigenvalue weighted by Crippen LogP contribution is 2.52. The molecule has 0 amide bonds. The Labute approximate surface area is 190 Å². The van der Waals surface area contributed by atoms with Crippen LogP contribution in [0, 0.1) is 0 Å². The average Bonchev–Trinajstić information content (AvgIpc) is 3.44. The number of hydrogen-bond acceptors (Lipinski definition) is 5. The zero-order valence-electron chi connectivity index (χ0n) is 16.8. The van der Waals surface area contributed by atoms with Crippen molar-refractivity contribution in [3.63, 3.8) is 0 Å². The van der Waals surface area contributed by atoms with Gasteiger partial charge in [0.2, 0.25) is 15.1 Å². The number of phenolic OH excluding ortho intramolecular Hbond substituents is 2. The van der Waals surface area contributed by atoms with Crippen molar-refractivity contribution >= 4 is 79.9 Å². The van der Waals surface area contributed by atoms with Gasteiger partial charge >= 0.3 is 8.30 Å². The summed E-state index contributed by atoms with van der Waals surface area (Å²) in [5, 5.41) is 22.2. The van der Waals surface area contributed by atoms with Crippen LogP contribution in [0.4, 0.5) is 10.0 Å². The molecule has 0 spiro atoms. The first-order valence-corrected chi connectivity index (χ1v) is 13.3. The van der Waals surface area contributed by atoms with Gasteiger partial charge in [-0.15, -0.1) is 4.58 Å². The number of benzene rings is 2. The van der Waals surface area contributed by atoms with Gasteiger partial charge < -0.3 is 10.2 Å². The van der Waals surface area contributed by atoms with Crippen molar-refractivity contribution < 1.29 is 14.8 Å². The van der Waals surface area contributed by atoms with Gasteiger partial charge in [0.05, 0.1) is 0 Å². The fourth-order valence-electron chi connectivity index (χ4n) is 3.86. The summed E-state index contributed by atoms with van der Waals surface area (Å²) in [4.78, 5) is 0. The largest absolute Gasteiger partial charge is 0.516 e. The molecule has 0 aliphatic heterocycles. The third-order valence-corrected chi connectivity index (χ3v) is 11.1. The van der Waals surface area contributed by atoms with Crippen LogP contribution in [0.1, 0.15) is 32.1 Å². The topological polar surface area (TPSA) is 46.5 Å². The van der Waals surface area contributed by atoms with E-state index in [1.807, 2.05) is 25.2 Å². The van der Waals surface area contributed by atoms with E-state index in [0.717, 1.165) is 45.6 Å². The first-order chi connectivity index (χ1) is 14.5. The van der Waals surface area contributed by atoms with Gasteiger partial charge in [0.25, 0.3) is 0 Å². The predicted octanol–water partition coefficient (Wildman–Crippen LogP) is 6.34. The van der Waals surface area contributed by atoms with Crippen molar-refractivity contribution in [3.05, 3.63) is 34.3 Å². The molecular weight excluding hydrogens is 453 g/mol. The normalized spacial score (nSPS) is 14.5. The monoisotopic (exact) mass is 475 g/mol. The predicted molar refractivity (Wildman–Crippen MR) is 132 cm³/mol. The van der Waals surface area contributed by atoms with Gasteiger partial charge in [-0.3, -0.25) is 0 Å². The van der Waals surface area contributed by atoms with Crippen molar-refractivity contribution in [1.82, 2.24) is 4.58 Å². The molecule has 4 aromatic rings. The van der Waals surface area contributed by atoms with Gasteiger partial charge in [0.1, 0.15) is 23.5 Å². The van der Waals surface area contributed by atoms with E-state index in [0.29, 0.717) is 11.5 Å². The van der Waals surface area contributed by atoms with Gasteiger partial charge in [-0.05, 0) is 12.8 Å². The van der Waals surface area contributed by atoms with Crippen molar-refractivity contribution in [1.29, 1.82) is 0 Å². The van der Waals surface area contributed by atoms with Gasteiger partial charge in [-0.25, -0.2) is 0 Å². The smallest absolute Gasteiger partial charge is 0.503 e. The highest BCUT2D eigenvalue weighted by molar-refractivity contribution is 7.44. The zero-order valence-corrected chi connectivity index (χ0v) is 20.1. The first-order valence-electron chi connectivity index (χ1n) is 9.99. The highest BCUT2D eigenvalue weighted by atomic mass is 32.2. The van der Waals surface area contributed by atoms with Crippen molar-refractivity contribution in [2.24, 2.45) is 0 Å². The summed E-state index contributed by atoms with van der Waals surface area (Å²) in [6.45, 7) is 0. The summed E-state index contributed by atoms with van der Waals surface area (Å²) in [5.74, 6) is 0.586. The van der Waals surface area contributed by atoms with Gasteiger partial charge in [0, 0.05) is 25.0 Å². The van der Waals surface area contributed by atoms with E-state index >= 15 is 0 Å². The molecule has 4 nitrogen and oxygen atoms in total. The van der Waals surface area contributed by atoms with Crippen molar-refractivity contribution in [2.75, 3.05) is 14.1 Å². The van der Waals surface area contributed by atoms with Crippen LogP contribution in [-0.4, -0.2) is 34.6 Å². The number of hydrogen-bond donors (Lipinski definition) is 2. The Kier molecular flexibility index (Phi) is 5.35. The summed E-state index contributed by atoms with van der Waals surface area (Å²) in [5.41, 5.74) is 2.54. The number of para-hydroxylation sites is 1. The number of rotatable bonds is 2. The maximum atomic E-state index is 11.1. The molecule has 2 aromatic carbocycles. The van der Waals surface area contributed by atoms with E-state index < -0.39 is 0 Å². The summed E-state index contributed by atoms with van der Waals surface area (Å²) in [6.07, 6.45) is 6.09. The lowest BCUT2D eigenvalue weighted by Gasteiger charge is -2.08. The maximum absolute atomic E-state index is 11.1. The van der Waals surface area contributed by atoms with Gasteiger partial charge in [-0.2, -0.15) is 4.58 Å². The minimum Gasteiger partial charge on any atom is -0.503 e. The van der Waals surface area contributed by atoms with E-state index in [4.69, 9.17) is 0 Å². The van der Waals surface area contributed by atoms with Crippen LogP contribution in [0.15, 0.2) is 30.3 Å². The second kappa shape index (κ2) is 8.00. The summed E-state index contributed by atoms with van der Waals surface area (Å²) >= 11 is 6.22. The Hall–Kier alpha value is -1.87. The molecule has 1 aliphatic rings. The van der Waals surface area contributed by atoms with Crippen LogP contribution < -0.4 is 8.56 Å². The average molecular weight is 476 g/mol. The molecule has 2 heterocycles. The van der Waals surface area contributed by atoms with E-state index in [2.05, 4.69) is 28.3 Å². The second-order valence-electron chi connectivity index (χ2n) is 7.53. The molecule has 0 saturated heterocycles. The lowest BCUT2D eigenvalue weighted by atomic mass is 9.98. The lowest BCUT2D eigenvalue weighted by molar-refractivity contribution is -0.399. The number of nitrogens with zero attached hydrogens (tertiary/aromatic N) is 2. The summed E-state index contributed by atoms with van der Waals surface area (Å²) < 4.78 is 9.62. The van der Waals surface area contributed by atoms with Crippen LogP contribution in [0.2, 0.25) is 0 Å². The van der Waals surface area contributed by atoms with E-state index in [1.165, 1.54) is 47.6 Å². The van der Waals surface area contributed by atoms with Crippen LogP contribution in [0.3, 0.4) is 0 Å². The van der Waals surface area contributed by atoms with Crippen LogP contribution in [-0.2, 0) is 0 Å². The third kappa shape index (κ3) is 3.36. The van der Waals surface area contributed by atoms with Crippen molar-refractivity contribution in [2.45, 2.75) is 32.1 Å². The molecule has 154 valence electrons. The van der Waals surface area contributed by atoms with Crippen molar-refractivity contribution in [3.8, 4) is 11.5 Å². The fraction of sp³-hybridized carbons (Fsp3) is 0.318. The Morgan fingerprint density at radius 1 is 0.800 bits per heavy atom. The minimum absolute atomic E-state index is 0.293. The second-order valence-corrected chi connectivity index (χ2v) is 12.0. The fourth-order valence-corrected chi connectivity index (χ4v) is 9.09. The first kappa shape index (κ1) is 20.1. The molecular formula is C22H23N2O2S4+3. The molecule has 1 fully saturated rings. The van der Waals surface area contributed by atoms with Crippen LogP contribution in [0.25, 0.3) is 18.8 Å². The molecule has 1 saturated carbocycles. The Bertz CT molecular complexity index is 1290. The maximum Gasteiger partial charge on any atom is 0.516 e. The molecule has 0 bridgehead atoms. The van der Waals surface area contributed by atoms with E-state index in [9.17, 15) is 10.2 Å².